The number of hydrogen-bond acceptors (Lipinski definition) is 5. The van der Waals surface area contributed by atoms with Crippen molar-refractivity contribution in [3.8, 4) is 17.4 Å². The number of nitrogens with one attached hydrogen (secondary N) is 1. The summed E-state index contributed by atoms with van der Waals surface area (Å²) in [6, 6.07) is 8.55. The van der Waals surface area contributed by atoms with Crippen LogP contribution >= 0.6 is 0 Å². The van der Waals surface area contributed by atoms with Gasteiger partial charge in [-0.2, -0.15) is 15.0 Å². The van der Waals surface area contributed by atoms with Gasteiger partial charge in [0.2, 0.25) is 5.95 Å². The van der Waals surface area contributed by atoms with Gasteiger partial charge in [0.1, 0.15) is 0 Å². The summed E-state index contributed by atoms with van der Waals surface area (Å²) >= 11 is 0. The highest BCUT2D eigenvalue weighted by Crippen LogP contribution is 2.20. The molecule has 2 rings (SSSR count). The maximum atomic E-state index is 5.56. The highest BCUT2D eigenvalue weighted by Gasteiger charge is 2.10. The minimum atomic E-state index is 0.0254. The third-order valence-corrected chi connectivity index (χ3v) is 2.80. The Morgan fingerprint density at radius 3 is 2.35 bits per heavy atom. The summed E-state index contributed by atoms with van der Waals surface area (Å²) in [4.78, 5) is 12.9. The molecule has 0 amide bonds. The fraction of sp³-hybridized carbons (Fsp3) is 0.400. The molecule has 5 nitrogen and oxygen atoms in total. The number of ether oxygens (including phenoxy) is 1. The Labute approximate surface area is 119 Å². The summed E-state index contributed by atoms with van der Waals surface area (Å²) in [5.74, 6) is 1.12. The molecule has 0 aliphatic rings. The van der Waals surface area contributed by atoms with E-state index in [9.17, 15) is 0 Å². The number of aryl methyl sites for hydroxylation is 1. The monoisotopic (exact) mass is 272 g/mol. The normalized spacial score (nSPS) is 10.7. The maximum Gasteiger partial charge on any atom is 0.322 e. The molecule has 1 N–H and O–H groups in total. The summed E-state index contributed by atoms with van der Waals surface area (Å²) in [5, 5.41) is 2.93. The molecule has 0 aliphatic carbocycles. The van der Waals surface area contributed by atoms with E-state index in [1.54, 1.807) is 7.05 Å². The van der Waals surface area contributed by atoms with Gasteiger partial charge in [-0.1, -0.05) is 31.2 Å². The molecular formula is C15H20N4O. The van der Waals surface area contributed by atoms with Crippen LogP contribution in [-0.2, 0) is 6.42 Å². The van der Waals surface area contributed by atoms with E-state index in [4.69, 9.17) is 4.74 Å². The molecule has 1 aromatic carbocycles. The van der Waals surface area contributed by atoms with E-state index < -0.39 is 0 Å². The van der Waals surface area contributed by atoms with Gasteiger partial charge in [0.15, 0.2) is 5.82 Å². The van der Waals surface area contributed by atoms with Gasteiger partial charge in [-0.3, -0.25) is 0 Å². The second-order valence-corrected chi connectivity index (χ2v) is 4.73. The average molecular weight is 272 g/mol. The van der Waals surface area contributed by atoms with E-state index in [1.807, 2.05) is 26.0 Å². The van der Waals surface area contributed by atoms with Gasteiger partial charge in [-0.25, -0.2) is 0 Å². The third-order valence-electron chi connectivity index (χ3n) is 2.80. The van der Waals surface area contributed by atoms with Crippen molar-refractivity contribution in [3.05, 3.63) is 29.8 Å². The molecule has 0 fully saturated rings. The molecule has 106 valence electrons. The molecule has 0 bridgehead atoms. The van der Waals surface area contributed by atoms with Crippen molar-refractivity contribution >= 4 is 5.95 Å². The van der Waals surface area contributed by atoms with Crippen LogP contribution in [0.2, 0.25) is 0 Å². The fourth-order valence-corrected chi connectivity index (χ4v) is 1.75. The topological polar surface area (TPSA) is 59.9 Å². The minimum absolute atomic E-state index is 0.0254. The number of rotatable bonds is 5. The van der Waals surface area contributed by atoms with E-state index in [2.05, 4.69) is 39.3 Å². The Balaban J connectivity index is 2.38. The van der Waals surface area contributed by atoms with Crippen molar-refractivity contribution in [2.45, 2.75) is 33.3 Å². The van der Waals surface area contributed by atoms with E-state index in [0.29, 0.717) is 17.8 Å². The van der Waals surface area contributed by atoms with E-state index in [1.165, 1.54) is 5.56 Å². The number of hydrogen-bond donors (Lipinski definition) is 1. The van der Waals surface area contributed by atoms with Crippen LogP contribution in [0.4, 0.5) is 5.95 Å². The molecule has 0 saturated heterocycles. The predicted molar refractivity (Wildman–Crippen MR) is 80.0 cm³/mol. The first-order valence-electron chi connectivity index (χ1n) is 6.82. The molecule has 1 aromatic heterocycles. The number of aromatic nitrogens is 3. The van der Waals surface area contributed by atoms with Crippen LogP contribution in [0.25, 0.3) is 11.4 Å². The van der Waals surface area contributed by atoms with Crippen LogP contribution in [-0.4, -0.2) is 28.1 Å². The van der Waals surface area contributed by atoms with Crippen LogP contribution in [0, 0.1) is 0 Å². The Bertz CT molecular complexity index is 567. The Morgan fingerprint density at radius 1 is 1.10 bits per heavy atom. The zero-order valence-electron chi connectivity index (χ0n) is 12.3. The smallest absolute Gasteiger partial charge is 0.322 e. The standard InChI is InChI=1S/C15H20N4O/c1-5-11-6-8-12(9-7-11)13-17-14(16-4)19-15(18-13)20-10(2)3/h6-10H,5H2,1-4H3,(H,16,17,18,19). The second kappa shape index (κ2) is 6.32. The first-order valence-corrected chi connectivity index (χ1v) is 6.82. The number of anilines is 1. The lowest BCUT2D eigenvalue weighted by atomic mass is 10.1. The lowest BCUT2D eigenvalue weighted by Crippen LogP contribution is -2.11. The highest BCUT2D eigenvalue weighted by molar-refractivity contribution is 5.57. The van der Waals surface area contributed by atoms with Crippen molar-refractivity contribution in [2.75, 3.05) is 12.4 Å². The second-order valence-electron chi connectivity index (χ2n) is 4.73. The molecular weight excluding hydrogens is 252 g/mol. The van der Waals surface area contributed by atoms with Crippen LogP contribution < -0.4 is 10.1 Å². The van der Waals surface area contributed by atoms with Crippen molar-refractivity contribution in [3.63, 3.8) is 0 Å². The summed E-state index contributed by atoms with van der Waals surface area (Å²) in [7, 11) is 1.78. The molecule has 0 aliphatic heterocycles. The van der Waals surface area contributed by atoms with E-state index in [-0.39, 0.29) is 6.10 Å². The van der Waals surface area contributed by atoms with Gasteiger partial charge < -0.3 is 10.1 Å². The molecule has 0 unspecified atom stereocenters. The lowest BCUT2D eigenvalue weighted by molar-refractivity contribution is 0.222. The summed E-state index contributed by atoms with van der Waals surface area (Å²) < 4.78 is 5.56. The molecule has 5 heteroatoms. The quantitative estimate of drug-likeness (QED) is 0.906. The number of benzene rings is 1. The molecule has 0 spiro atoms. The summed E-state index contributed by atoms with van der Waals surface area (Å²) in [5.41, 5.74) is 2.24. The molecule has 0 saturated carbocycles. The molecule has 1 heterocycles. The van der Waals surface area contributed by atoms with Gasteiger partial charge in [0.25, 0.3) is 0 Å². The highest BCUT2D eigenvalue weighted by atomic mass is 16.5. The van der Waals surface area contributed by atoms with Gasteiger partial charge in [0.05, 0.1) is 6.10 Å². The van der Waals surface area contributed by atoms with Gasteiger partial charge in [0, 0.05) is 12.6 Å². The van der Waals surface area contributed by atoms with Gasteiger partial charge >= 0.3 is 6.01 Å². The molecule has 0 radical (unpaired) electrons. The summed E-state index contributed by atoms with van der Waals surface area (Å²) in [6.07, 6.45) is 1.04. The van der Waals surface area contributed by atoms with Crippen LogP contribution in [0.3, 0.4) is 0 Å². The lowest BCUT2D eigenvalue weighted by Gasteiger charge is -2.10. The minimum Gasteiger partial charge on any atom is -0.461 e. The van der Waals surface area contributed by atoms with E-state index >= 15 is 0 Å². The predicted octanol–water partition coefficient (Wildman–Crippen LogP) is 2.93. The Kier molecular flexibility index (Phi) is 4.50. The largest absolute Gasteiger partial charge is 0.461 e. The average Bonchev–Trinajstić information content (AvgIpc) is 2.46. The first-order chi connectivity index (χ1) is 9.62. The van der Waals surface area contributed by atoms with Gasteiger partial charge in [-0.15, -0.1) is 0 Å². The Morgan fingerprint density at radius 2 is 1.80 bits per heavy atom. The fourth-order valence-electron chi connectivity index (χ4n) is 1.75. The molecule has 20 heavy (non-hydrogen) atoms. The molecule has 0 atom stereocenters. The first kappa shape index (κ1) is 14.2. The third kappa shape index (κ3) is 3.44. The van der Waals surface area contributed by atoms with Crippen LogP contribution in [0.5, 0.6) is 6.01 Å². The summed E-state index contributed by atoms with van der Waals surface area (Å²) in [6.45, 7) is 6.02. The van der Waals surface area contributed by atoms with Crippen molar-refractivity contribution in [2.24, 2.45) is 0 Å². The van der Waals surface area contributed by atoms with Crippen molar-refractivity contribution < 1.29 is 4.74 Å². The number of nitrogens with zero attached hydrogens (tertiary/aromatic N) is 3. The zero-order valence-corrected chi connectivity index (χ0v) is 12.3. The zero-order chi connectivity index (χ0) is 14.5. The van der Waals surface area contributed by atoms with Crippen LogP contribution in [0.15, 0.2) is 24.3 Å². The molecule has 2 aromatic rings. The van der Waals surface area contributed by atoms with Crippen molar-refractivity contribution in [1.29, 1.82) is 0 Å². The van der Waals surface area contributed by atoms with Gasteiger partial charge in [-0.05, 0) is 25.8 Å². The maximum absolute atomic E-state index is 5.56. The Hall–Kier alpha value is -2.17. The van der Waals surface area contributed by atoms with Crippen LogP contribution in [0.1, 0.15) is 26.3 Å². The van der Waals surface area contributed by atoms with Crippen molar-refractivity contribution in [1.82, 2.24) is 15.0 Å². The van der Waals surface area contributed by atoms with E-state index in [0.717, 1.165) is 12.0 Å². The SMILES string of the molecule is CCc1ccc(-c2nc(NC)nc(OC(C)C)n2)cc1.